The quantitative estimate of drug-likeness (QED) is 0.583. The van der Waals surface area contributed by atoms with Crippen molar-refractivity contribution in [2.24, 2.45) is 5.92 Å². The third-order valence-electron chi connectivity index (χ3n) is 2.85. The molecule has 0 fully saturated rings. The van der Waals surface area contributed by atoms with Gasteiger partial charge >= 0.3 is 0 Å². The maximum absolute atomic E-state index is 11.7. The Morgan fingerprint density at radius 3 is 2.27 bits per heavy atom. The topological polar surface area (TPSA) is 29.1 Å². The average molecular weight is 213 g/mol. The minimum absolute atomic E-state index is 0.242. The van der Waals surface area contributed by atoms with Gasteiger partial charge in [-0.05, 0) is 19.3 Å². The number of carbonyl (C=O) groups is 1. The van der Waals surface area contributed by atoms with Crippen LogP contribution in [0.2, 0.25) is 0 Å². The SMILES string of the molecule is CCCCCNC(=O)C(CC)CCCC. The van der Waals surface area contributed by atoms with Gasteiger partial charge < -0.3 is 5.32 Å². The standard InChI is InChI=1S/C13H27NO/c1-4-7-9-11-14-13(15)12(6-3)10-8-5-2/h12H,4-11H2,1-3H3,(H,14,15). The Morgan fingerprint density at radius 2 is 1.73 bits per heavy atom. The van der Waals surface area contributed by atoms with Gasteiger partial charge in [0, 0.05) is 12.5 Å². The molecular weight excluding hydrogens is 186 g/mol. The maximum Gasteiger partial charge on any atom is 0.223 e. The van der Waals surface area contributed by atoms with Crippen LogP contribution in [0.15, 0.2) is 0 Å². The molecule has 15 heavy (non-hydrogen) atoms. The second-order valence-electron chi connectivity index (χ2n) is 4.25. The molecule has 0 bridgehead atoms. The van der Waals surface area contributed by atoms with E-state index in [1.165, 1.54) is 25.7 Å². The Hall–Kier alpha value is -0.530. The second kappa shape index (κ2) is 10.0. The Balaban J connectivity index is 3.63. The molecule has 0 rings (SSSR count). The van der Waals surface area contributed by atoms with E-state index in [0.29, 0.717) is 0 Å². The first kappa shape index (κ1) is 14.5. The van der Waals surface area contributed by atoms with Crippen molar-refractivity contribution in [1.29, 1.82) is 0 Å². The number of amides is 1. The molecule has 1 atom stereocenters. The number of carbonyl (C=O) groups excluding carboxylic acids is 1. The van der Waals surface area contributed by atoms with Crippen molar-refractivity contribution in [1.82, 2.24) is 5.32 Å². The van der Waals surface area contributed by atoms with E-state index in [4.69, 9.17) is 0 Å². The fraction of sp³-hybridized carbons (Fsp3) is 0.923. The monoisotopic (exact) mass is 213 g/mol. The van der Waals surface area contributed by atoms with Crippen LogP contribution in [0.5, 0.6) is 0 Å². The Labute approximate surface area is 94.8 Å². The van der Waals surface area contributed by atoms with Gasteiger partial charge in [-0.2, -0.15) is 0 Å². The Kier molecular flexibility index (Phi) is 9.65. The average Bonchev–Trinajstić information content (AvgIpc) is 2.25. The van der Waals surface area contributed by atoms with Gasteiger partial charge in [-0.3, -0.25) is 4.79 Å². The molecule has 1 amide bonds. The van der Waals surface area contributed by atoms with Gasteiger partial charge in [0.2, 0.25) is 5.91 Å². The summed E-state index contributed by atoms with van der Waals surface area (Å²) in [5.74, 6) is 0.508. The van der Waals surface area contributed by atoms with E-state index in [1.54, 1.807) is 0 Å². The van der Waals surface area contributed by atoms with Gasteiger partial charge in [0.05, 0.1) is 0 Å². The number of nitrogens with one attached hydrogen (secondary N) is 1. The van der Waals surface area contributed by atoms with Crippen LogP contribution in [0.3, 0.4) is 0 Å². The van der Waals surface area contributed by atoms with Crippen LogP contribution in [0.4, 0.5) is 0 Å². The molecular formula is C13H27NO. The van der Waals surface area contributed by atoms with Crippen molar-refractivity contribution in [2.45, 2.75) is 65.7 Å². The van der Waals surface area contributed by atoms with Gasteiger partial charge in [-0.25, -0.2) is 0 Å². The summed E-state index contributed by atoms with van der Waals surface area (Å²) in [5, 5.41) is 3.04. The summed E-state index contributed by atoms with van der Waals surface area (Å²) >= 11 is 0. The first-order chi connectivity index (χ1) is 7.26. The lowest BCUT2D eigenvalue weighted by molar-refractivity contribution is -0.125. The van der Waals surface area contributed by atoms with Crippen molar-refractivity contribution in [3.8, 4) is 0 Å². The molecule has 0 saturated carbocycles. The molecule has 0 aliphatic rings. The lowest BCUT2D eigenvalue weighted by atomic mass is 9.98. The van der Waals surface area contributed by atoms with Crippen LogP contribution in [0.25, 0.3) is 0 Å². The van der Waals surface area contributed by atoms with Gasteiger partial charge in [-0.1, -0.05) is 46.5 Å². The summed E-state index contributed by atoms with van der Waals surface area (Å²) in [6.45, 7) is 7.31. The fourth-order valence-corrected chi connectivity index (χ4v) is 1.70. The molecule has 0 aromatic rings. The zero-order valence-electron chi connectivity index (χ0n) is 10.6. The van der Waals surface area contributed by atoms with E-state index >= 15 is 0 Å². The summed E-state index contributed by atoms with van der Waals surface area (Å²) < 4.78 is 0. The lowest BCUT2D eigenvalue weighted by Crippen LogP contribution is -2.31. The van der Waals surface area contributed by atoms with Gasteiger partial charge in [0.25, 0.3) is 0 Å². The minimum atomic E-state index is 0.242. The molecule has 0 aromatic carbocycles. The van der Waals surface area contributed by atoms with E-state index < -0.39 is 0 Å². The smallest absolute Gasteiger partial charge is 0.223 e. The second-order valence-corrected chi connectivity index (χ2v) is 4.25. The third kappa shape index (κ3) is 7.40. The molecule has 90 valence electrons. The van der Waals surface area contributed by atoms with Crippen molar-refractivity contribution >= 4 is 5.91 Å². The van der Waals surface area contributed by atoms with Gasteiger partial charge in [-0.15, -0.1) is 0 Å². The molecule has 1 N–H and O–H groups in total. The van der Waals surface area contributed by atoms with Crippen LogP contribution in [-0.4, -0.2) is 12.5 Å². The highest BCUT2D eigenvalue weighted by Gasteiger charge is 2.14. The van der Waals surface area contributed by atoms with Crippen LogP contribution in [0.1, 0.15) is 65.7 Å². The molecule has 0 aliphatic heterocycles. The summed E-state index contributed by atoms with van der Waals surface area (Å²) in [4.78, 5) is 11.7. The first-order valence-electron chi connectivity index (χ1n) is 6.53. The normalized spacial score (nSPS) is 12.5. The molecule has 0 aromatic heterocycles. The van der Waals surface area contributed by atoms with Gasteiger partial charge in [0.15, 0.2) is 0 Å². The summed E-state index contributed by atoms with van der Waals surface area (Å²) in [6.07, 6.45) is 7.91. The molecule has 0 saturated heterocycles. The maximum atomic E-state index is 11.7. The molecule has 0 heterocycles. The van der Waals surface area contributed by atoms with Gasteiger partial charge in [0.1, 0.15) is 0 Å². The van der Waals surface area contributed by atoms with Crippen molar-refractivity contribution in [2.75, 3.05) is 6.54 Å². The zero-order valence-corrected chi connectivity index (χ0v) is 10.6. The highest BCUT2D eigenvalue weighted by atomic mass is 16.1. The first-order valence-corrected chi connectivity index (χ1v) is 6.53. The molecule has 1 unspecified atom stereocenters. The number of hydrogen-bond donors (Lipinski definition) is 1. The Bertz CT molecular complexity index is 157. The number of rotatable bonds is 9. The molecule has 0 radical (unpaired) electrons. The predicted octanol–water partition coefficient (Wildman–Crippen LogP) is 3.51. The van der Waals surface area contributed by atoms with E-state index in [9.17, 15) is 4.79 Å². The van der Waals surface area contributed by atoms with Crippen LogP contribution >= 0.6 is 0 Å². The predicted molar refractivity (Wildman–Crippen MR) is 65.8 cm³/mol. The summed E-state index contributed by atoms with van der Waals surface area (Å²) in [7, 11) is 0. The van der Waals surface area contributed by atoms with Crippen molar-refractivity contribution in [3.63, 3.8) is 0 Å². The van der Waals surface area contributed by atoms with Crippen LogP contribution < -0.4 is 5.32 Å². The number of hydrogen-bond acceptors (Lipinski definition) is 1. The largest absolute Gasteiger partial charge is 0.356 e. The van der Waals surface area contributed by atoms with E-state index in [2.05, 4.69) is 26.1 Å². The van der Waals surface area contributed by atoms with Crippen molar-refractivity contribution in [3.05, 3.63) is 0 Å². The van der Waals surface area contributed by atoms with Crippen LogP contribution in [0, 0.1) is 5.92 Å². The van der Waals surface area contributed by atoms with E-state index in [-0.39, 0.29) is 11.8 Å². The molecule has 2 nitrogen and oxygen atoms in total. The minimum Gasteiger partial charge on any atom is -0.356 e. The number of unbranched alkanes of at least 4 members (excludes halogenated alkanes) is 3. The lowest BCUT2D eigenvalue weighted by Gasteiger charge is -2.14. The van der Waals surface area contributed by atoms with E-state index in [0.717, 1.165) is 25.8 Å². The third-order valence-corrected chi connectivity index (χ3v) is 2.85. The fourth-order valence-electron chi connectivity index (χ4n) is 1.70. The molecule has 0 aliphatic carbocycles. The highest BCUT2D eigenvalue weighted by molar-refractivity contribution is 5.78. The van der Waals surface area contributed by atoms with Crippen molar-refractivity contribution < 1.29 is 4.79 Å². The summed E-state index contributed by atoms with van der Waals surface area (Å²) in [5.41, 5.74) is 0. The zero-order chi connectivity index (χ0) is 11.5. The Morgan fingerprint density at radius 1 is 1.07 bits per heavy atom. The highest BCUT2D eigenvalue weighted by Crippen LogP contribution is 2.12. The van der Waals surface area contributed by atoms with E-state index in [1.807, 2.05) is 0 Å². The molecule has 2 heteroatoms. The van der Waals surface area contributed by atoms with Crippen LogP contribution in [-0.2, 0) is 4.79 Å². The summed E-state index contributed by atoms with van der Waals surface area (Å²) in [6, 6.07) is 0. The molecule has 0 spiro atoms.